The first-order valence-corrected chi connectivity index (χ1v) is 10.7. The van der Waals surface area contributed by atoms with Gasteiger partial charge in [-0.1, -0.05) is 6.92 Å². The van der Waals surface area contributed by atoms with Crippen LogP contribution >= 0.6 is 0 Å². The van der Waals surface area contributed by atoms with Gasteiger partial charge >= 0.3 is 0 Å². The quantitative estimate of drug-likeness (QED) is 0.730. The summed E-state index contributed by atoms with van der Waals surface area (Å²) in [6.45, 7) is 7.46. The molecular formula is C22H32FN3O3. The summed E-state index contributed by atoms with van der Waals surface area (Å²) in [4.78, 5) is 31.5. The molecule has 1 aromatic carbocycles. The number of rotatable bonds is 6. The lowest BCUT2D eigenvalue weighted by atomic mass is 9.99. The lowest BCUT2D eigenvalue weighted by molar-refractivity contribution is -0.142. The number of hydrogen-bond acceptors (Lipinski definition) is 4. The summed E-state index contributed by atoms with van der Waals surface area (Å²) in [5.74, 6) is 0.272. The number of piperidine rings is 1. The van der Waals surface area contributed by atoms with E-state index in [1.165, 1.54) is 30.7 Å². The minimum absolute atomic E-state index is 0.0634. The second-order valence-corrected chi connectivity index (χ2v) is 7.92. The second-order valence-electron chi connectivity index (χ2n) is 7.92. The number of benzene rings is 1. The molecule has 2 aliphatic rings. The van der Waals surface area contributed by atoms with Crippen molar-refractivity contribution < 1.29 is 18.7 Å². The number of amides is 2. The van der Waals surface area contributed by atoms with Gasteiger partial charge in [0.1, 0.15) is 11.6 Å². The first-order chi connectivity index (χ1) is 14.0. The van der Waals surface area contributed by atoms with Gasteiger partial charge in [0.05, 0.1) is 6.04 Å². The highest BCUT2D eigenvalue weighted by Gasteiger charge is 2.33. The average Bonchev–Trinajstić information content (AvgIpc) is 2.77. The van der Waals surface area contributed by atoms with Crippen molar-refractivity contribution in [1.82, 2.24) is 14.7 Å². The summed E-state index contributed by atoms with van der Waals surface area (Å²) in [5.41, 5.74) is 0. The van der Waals surface area contributed by atoms with Crippen LogP contribution in [0.5, 0.6) is 5.75 Å². The zero-order chi connectivity index (χ0) is 20.8. The van der Waals surface area contributed by atoms with E-state index in [0.717, 1.165) is 25.8 Å². The van der Waals surface area contributed by atoms with Crippen LogP contribution in [0.15, 0.2) is 24.3 Å². The van der Waals surface area contributed by atoms with E-state index in [-0.39, 0.29) is 30.3 Å². The van der Waals surface area contributed by atoms with Crippen LogP contribution in [0, 0.1) is 5.82 Å². The topological polar surface area (TPSA) is 53.1 Å². The van der Waals surface area contributed by atoms with Crippen molar-refractivity contribution in [3.8, 4) is 5.75 Å². The van der Waals surface area contributed by atoms with Crippen molar-refractivity contribution in [2.45, 2.75) is 51.6 Å². The molecule has 0 bridgehead atoms. The van der Waals surface area contributed by atoms with Crippen molar-refractivity contribution in [2.24, 2.45) is 0 Å². The molecule has 2 atom stereocenters. The predicted octanol–water partition coefficient (Wildman–Crippen LogP) is 2.53. The number of likely N-dealkylation sites (tertiary alicyclic amines) is 1. The molecule has 0 aliphatic carbocycles. The van der Waals surface area contributed by atoms with Crippen LogP contribution in [0.1, 0.15) is 39.5 Å². The first-order valence-electron chi connectivity index (χ1n) is 10.7. The minimum Gasteiger partial charge on any atom is -0.484 e. The Kier molecular flexibility index (Phi) is 7.47. The Bertz CT molecular complexity index is 689. The second kappa shape index (κ2) is 10.1. The summed E-state index contributed by atoms with van der Waals surface area (Å²) < 4.78 is 18.4. The standard InChI is InChI=1S/C22H32FN3O3/c1-3-19-6-4-5-11-26(19)22(28)17(2)24-12-14-25(15-13-24)21(27)16-29-20-9-7-18(23)8-10-20/h7-10,17,19H,3-6,11-16H2,1-2H3. The molecule has 0 radical (unpaired) electrons. The van der Waals surface area contributed by atoms with E-state index in [4.69, 9.17) is 4.74 Å². The maximum atomic E-state index is 13.0. The lowest BCUT2D eigenvalue weighted by Gasteiger charge is -2.42. The number of hydrogen-bond donors (Lipinski definition) is 0. The molecule has 2 unspecified atom stereocenters. The first kappa shape index (κ1) is 21.6. The Morgan fingerprint density at radius 2 is 1.79 bits per heavy atom. The van der Waals surface area contributed by atoms with E-state index in [9.17, 15) is 14.0 Å². The van der Waals surface area contributed by atoms with E-state index in [1.54, 1.807) is 4.90 Å². The Morgan fingerprint density at radius 3 is 2.45 bits per heavy atom. The molecule has 6 nitrogen and oxygen atoms in total. The lowest BCUT2D eigenvalue weighted by Crippen LogP contribution is -2.57. The van der Waals surface area contributed by atoms with Gasteiger partial charge in [-0.25, -0.2) is 4.39 Å². The number of carbonyl (C=O) groups excluding carboxylic acids is 2. The fourth-order valence-corrected chi connectivity index (χ4v) is 4.24. The van der Waals surface area contributed by atoms with E-state index in [1.807, 2.05) is 6.92 Å². The molecule has 2 fully saturated rings. The summed E-state index contributed by atoms with van der Waals surface area (Å²) in [7, 11) is 0. The van der Waals surface area contributed by atoms with Crippen molar-refractivity contribution in [2.75, 3.05) is 39.3 Å². The minimum atomic E-state index is -0.335. The SMILES string of the molecule is CCC1CCCCN1C(=O)C(C)N1CCN(C(=O)COc2ccc(F)cc2)CC1. The Hall–Kier alpha value is -2.15. The smallest absolute Gasteiger partial charge is 0.260 e. The third kappa shape index (κ3) is 5.47. The molecule has 2 heterocycles. The molecule has 2 saturated heterocycles. The number of ether oxygens (including phenoxy) is 1. The van der Waals surface area contributed by atoms with Gasteiger partial charge in [0.2, 0.25) is 5.91 Å². The zero-order valence-electron chi connectivity index (χ0n) is 17.5. The van der Waals surface area contributed by atoms with Crippen LogP contribution in [0.3, 0.4) is 0 Å². The maximum absolute atomic E-state index is 13.0. The Balaban J connectivity index is 1.45. The fourth-order valence-electron chi connectivity index (χ4n) is 4.24. The number of piperazine rings is 1. The van der Waals surface area contributed by atoms with Gasteiger partial charge in [0.25, 0.3) is 5.91 Å². The molecule has 1 aromatic rings. The molecular weight excluding hydrogens is 373 g/mol. The van der Waals surface area contributed by atoms with E-state index in [0.29, 0.717) is 38.0 Å². The summed E-state index contributed by atoms with van der Waals surface area (Å²) in [5, 5.41) is 0. The van der Waals surface area contributed by atoms with Gasteiger partial charge in [-0.15, -0.1) is 0 Å². The Morgan fingerprint density at radius 1 is 1.10 bits per heavy atom. The van der Waals surface area contributed by atoms with Crippen LogP contribution in [0.4, 0.5) is 4.39 Å². The summed E-state index contributed by atoms with van der Waals surface area (Å²) >= 11 is 0. The summed E-state index contributed by atoms with van der Waals surface area (Å²) in [6, 6.07) is 5.85. The van der Waals surface area contributed by atoms with Gasteiger partial charge in [0.15, 0.2) is 6.61 Å². The normalized spacial score (nSPS) is 21.7. The van der Waals surface area contributed by atoms with Crippen LogP contribution < -0.4 is 4.74 Å². The van der Waals surface area contributed by atoms with E-state index >= 15 is 0 Å². The van der Waals surface area contributed by atoms with Gasteiger partial charge in [-0.05, 0) is 56.9 Å². The van der Waals surface area contributed by atoms with Crippen LogP contribution in [-0.4, -0.2) is 77.9 Å². The molecule has 0 N–H and O–H groups in total. The molecule has 160 valence electrons. The number of carbonyl (C=O) groups is 2. The summed E-state index contributed by atoms with van der Waals surface area (Å²) in [6.07, 6.45) is 4.41. The van der Waals surface area contributed by atoms with Crippen molar-refractivity contribution in [3.05, 3.63) is 30.1 Å². The van der Waals surface area contributed by atoms with Gasteiger partial charge < -0.3 is 14.5 Å². The van der Waals surface area contributed by atoms with Crippen LogP contribution in [0.2, 0.25) is 0 Å². The molecule has 2 amide bonds. The highest BCUT2D eigenvalue weighted by atomic mass is 19.1. The van der Waals surface area contributed by atoms with Crippen molar-refractivity contribution >= 4 is 11.8 Å². The molecule has 3 rings (SSSR count). The molecule has 7 heteroatoms. The van der Waals surface area contributed by atoms with Gasteiger partial charge in [-0.3, -0.25) is 14.5 Å². The monoisotopic (exact) mass is 405 g/mol. The van der Waals surface area contributed by atoms with Gasteiger partial charge in [0, 0.05) is 38.8 Å². The predicted molar refractivity (Wildman–Crippen MR) is 109 cm³/mol. The highest BCUT2D eigenvalue weighted by molar-refractivity contribution is 5.82. The number of halogens is 1. The molecule has 0 aromatic heterocycles. The van der Waals surface area contributed by atoms with Crippen LogP contribution in [0.25, 0.3) is 0 Å². The van der Waals surface area contributed by atoms with Crippen molar-refractivity contribution in [1.29, 1.82) is 0 Å². The molecule has 29 heavy (non-hydrogen) atoms. The van der Waals surface area contributed by atoms with E-state index < -0.39 is 0 Å². The average molecular weight is 406 g/mol. The fraction of sp³-hybridized carbons (Fsp3) is 0.636. The van der Waals surface area contributed by atoms with Crippen molar-refractivity contribution in [3.63, 3.8) is 0 Å². The zero-order valence-corrected chi connectivity index (χ0v) is 17.5. The largest absolute Gasteiger partial charge is 0.484 e. The maximum Gasteiger partial charge on any atom is 0.260 e. The molecule has 0 saturated carbocycles. The third-order valence-corrected chi connectivity index (χ3v) is 6.13. The Labute approximate surface area is 172 Å². The van der Waals surface area contributed by atoms with E-state index in [2.05, 4.69) is 16.7 Å². The van der Waals surface area contributed by atoms with Crippen LogP contribution in [-0.2, 0) is 9.59 Å². The van der Waals surface area contributed by atoms with Gasteiger partial charge in [-0.2, -0.15) is 0 Å². The number of nitrogens with zero attached hydrogens (tertiary/aromatic N) is 3. The molecule has 0 spiro atoms. The third-order valence-electron chi connectivity index (χ3n) is 6.13. The molecule has 2 aliphatic heterocycles. The highest BCUT2D eigenvalue weighted by Crippen LogP contribution is 2.22.